The van der Waals surface area contributed by atoms with Gasteiger partial charge in [-0.15, -0.1) is 0 Å². The van der Waals surface area contributed by atoms with Crippen LogP contribution in [0.3, 0.4) is 0 Å². The first-order valence-electron chi connectivity index (χ1n) is 8.70. The number of carbonyl (C=O) groups excluding carboxylic acids is 2. The smallest absolute Gasteiger partial charge is 0.319 e. The first kappa shape index (κ1) is 18.4. The van der Waals surface area contributed by atoms with E-state index in [1.165, 1.54) is 0 Å². The van der Waals surface area contributed by atoms with E-state index < -0.39 is 0 Å². The van der Waals surface area contributed by atoms with Gasteiger partial charge in [-0.2, -0.15) is 5.26 Å². The van der Waals surface area contributed by atoms with Crippen LogP contribution in [0.25, 0.3) is 0 Å². The van der Waals surface area contributed by atoms with Crippen LogP contribution in [0.2, 0.25) is 0 Å². The number of hydrogen-bond acceptors (Lipinski definition) is 4. The molecule has 138 valence electrons. The highest BCUT2D eigenvalue weighted by molar-refractivity contribution is 5.94. The lowest BCUT2D eigenvalue weighted by Gasteiger charge is -2.12. The zero-order valence-electron chi connectivity index (χ0n) is 14.7. The van der Waals surface area contributed by atoms with Crippen molar-refractivity contribution in [3.63, 3.8) is 0 Å². The van der Waals surface area contributed by atoms with Crippen LogP contribution in [0.4, 0.5) is 16.2 Å². The van der Waals surface area contributed by atoms with Crippen molar-refractivity contribution < 1.29 is 14.3 Å². The van der Waals surface area contributed by atoms with Crippen LogP contribution in [0.15, 0.2) is 48.5 Å². The van der Waals surface area contributed by atoms with Crippen molar-refractivity contribution >= 4 is 23.3 Å². The standard InChI is InChI=1S/C20H20N4O3/c21-12-14-4-1-7-17(10-14)24-20(26)22-13-15-5-2-6-16(11-15)23-19(25)18-8-3-9-27-18/h1-2,4-7,10-11,18H,3,8-9,13H2,(H,23,25)(H2,22,24,26). The molecule has 0 saturated carbocycles. The Morgan fingerprint density at radius 3 is 2.63 bits per heavy atom. The summed E-state index contributed by atoms with van der Waals surface area (Å²) in [7, 11) is 0. The van der Waals surface area contributed by atoms with Gasteiger partial charge in [0, 0.05) is 24.5 Å². The third-order valence-electron chi connectivity index (χ3n) is 4.12. The normalized spacial score (nSPS) is 15.6. The summed E-state index contributed by atoms with van der Waals surface area (Å²) >= 11 is 0. The molecule has 0 radical (unpaired) electrons. The van der Waals surface area contributed by atoms with Gasteiger partial charge in [-0.3, -0.25) is 4.79 Å². The summed E-state index contributed by atoms with van der Waals surface area (Å²) in [6, 6.07) is 15.6. The van der Waals surface area contributed by atoms with Gasteiger partial charge in [-0.25, -0.2) is 4.79 Å². The van der Waals surface area contributed by atoms with Crippen LogP contribution in [0, 0.1) is 11.3 Å². The molecule has 1 heterocycles. The first-order valence-corrected chi connectivity index (χ1v) is 8.70. The van der Waals surface area contributed by atoms with Gasteiger partial charge in [0.1, 0.15) is 6.10 Å². The quantitative estimate of drug-likeness (QED) is 0.759. The predicted octanol–water partition coefficient (Wildman–Crippen LogP) is 3.00. The van der Waals surface area contributed by atoms with Crippen molar-refractivity contribution in [1.82, 2.24) is 5.32 Å². The number of carbonyl (C=O) groups is 2. The Hall–Kier alpha value is -3.37. The van der Waals surface area contributed by atoms with Crippen LogP contribution in [-0.2, 0) is 16.1 Å². The van der Waals surface area contributed by atoms with Crippen molar-refractivity contribution in [2.24, 2.45) is 0 Å². The number of hydrogen-bond donors (Lipinski definition) is 3. The van der Waals surface area contributed by atoms with Crippen molar-refractivity contribution in [3.8, 4) is 6.07 Å². The number of nitrogens with one attached hydrogen (secondary N) is 3. The van der Waals surface area contributed by atoms with Crippen LogP contribution in [0.5, 0.6) is 0 Å². The molecule has 1 fully saturated rings. The predicted molar refractivity (Wildman–Crippen MR) is 101 cm³/mol. The Morgan fingerprint density at radius 2 is 1.89 bits per heavy atom. The number of nitriles is 1. The summed E-state index contributed by atoms with van der Waals surface area (Å²) in [6.45, 7) is 0.918. The number of urea groups is 1. The van der Waals surface area contributed by atoms with E-state index in [4.69, 9.17) is 10.00 Å². The van der Waals surface area contributed by atoms with Gasteiger partial charge in [0.25, 0.3) is 5.91 Å². The van der Waals surface area contributed by atoms with Crippen molar-refractivity contribution in [2.75, 3.05) is 17.2 Å². The van der Waals surface area contributed by atoms with Gasteiger partial charge in [0.2, 0.25) is 0 Å². The minimum Gasteiger partial charge on any atom is -0.368 e. The Labute approximate surface area is 157 Å². The van der Waals surface area contributed by atoms with Gasteiger partial charge < -0.3 is 20.7 Å². The average Bonchev–Trinajstić information content (AvgIpc) is 3.22. The number of anilines is 2. The fourth-order valence-electron chi connectivity index (χ4n) is 2.79. The van der Waals surface area contributed by atoms with Crippen molar-refractivity contribution in [3.05, 3.63) is 59.7 Å². The molecule has 7 nitrogen and oxygen atoms in total. The molecule has 1 aliphatic heterocycles. The maximum absolute atomic E-state index is 12.1. The fourth-order valence-corrected chi connectivity index (χ4v) is 2.79. The highest BCUT2D eigenvalue weighted by Gasteiger charge is 2.23. The highest BCUT2D eigenvalue weighted by Crippen LogP contribution is 2.16. The summed E-state index contributed by atoms with van der Waals surface area (Å²) in [4.78, 5) is 24.1. The number of benzene rings is 2. The highest BCUT2D eigenvalue weighted by atomic mass is 16.5. The van der Waals surface area contributed by atoms with Crippen LogP contribution in [0.1, 0.15) is 24.0 Å². The van der Waals surface area contributed by atoms with Gasteiger partial charge in [0.05, 0.1) is 11.6 Å². The lowest BCUT2D eigenvalue weighted by atomic mass is 10.2. The van der Waals surface area contributed by atoms with E-state index in [-0.39, 0.29) is 18.0 Å². The molecule has 7 heteroatoms. The molecule has 3 amide bonds. The SMILES string of the molecule is N#Cc1cccc(NC(=O)NCc2cccc(NC(=O)C3CCCO3)c2)c1. The Balaban J connectivity index is 1.52. The minimum absolute atomic E-state index is 0.146. The van der Waals surface area contributed by atoms with Crippen LogP contribution < -0.4 is 16.0 Å². The minimum atomic E-state index is -0.387. The second kappa shape index (κ2) is 8.83. The molecule has 1 saturated heterocycles. The van der Waals surface area contributed by atoms with E-state index in [9.17, 15) is 9.59 Å². The number of amides is 3. The molecule has 1 atom stereocenters. The Bertz CT molecular complexity index is 870. The monoisotopic (exact) mass is 364 g/mol. The number of nitrogens with zero attached hydrogens (tertiary/aromatic N) is 1. The molecule has 0 aliphatic carbocycles. The third-order valence-corrected chi connectivity index (χ3v) is 4.12. The molecule has 0 aromatic heterocycles. The van der Waals surface area contributed by atoms with Gasteiger partial charge in [0.15, 0.2) is 0 Å². The molecule has 2 aromatic rings. The molecule has 1 unspecified atom stereocenters. The van der Waals surface area contributed by atoms with E-state index in [0.717, 1.165) is 18.4 Å². The maximum Gasteiger partial charge on any atom is 0.319 e. The average molecular weight is 364 g/mol. The molecule has 1 aliphatic rings. The number of rotatable bonds is 5. The second-order valence-corrected chi connectivity index (χ2v) is 6.19. The second-order valence-electron chi connectivity index (χ2n) is 6.19. The topological polar surface area (TPSA) is 103 Å². The summed E-state index contributed by atoms with van der Waals surface area (Å²) in [5.41, 5.74) is 2.53. The van der Waals surface area contributed by atoms with E-state index in [2.05, 4.69) is 16.0 Å². The molecule has 3 N–H and O–H groups in total. The van der Waals surface area contributed by atoms with Crippen molar-refractivity contribution in [1.29, 1.82) is 5.26 Å². The summed E-state index contributed by atoms with van der Waals surface area (Å²) < 4.78 is 5.37. The zero-order chi connectivity index (χ0) is 19.1. The molecule has 0 spiro atoms. The molecule has 0 bridgehead atoms. The largest absolute Gasteiger partial charge is 0.368 e. The maximum atomic E-state index is 12.1. The van der Waals surface area contributed by atoms with E-state index in [1.807, 2.05) is 24.3 Å². The molecular weight excluding hydrogens is 344 g/mol. The molecule has 27 heavy (non-hydrogen) atoms. The summed E-state index contributed by atoms with van der Waals surface area (Å²) in [6.07, 6.45) is 1.25. The first-order chi connectivity index (χ1) is 13.1. The lowest BCUT2D eigenvalue weighted by Crippen LogP contribution is -2.28. The number of ether oxygens (including phenoxy) is 1. The van der Waals surface area contributed by atoms with Gasteiger partial charge in [-0.1, -0.05) is 18.2 Å². The van der Waals surface area contributed by atoms with Crippen LogP contribution >= 0.6 is 0 Å². The molecule has 3 rings (SSSR count). The molecule has 2 aromatic carbocycles. The molecular formula is C20H20N4O3. The van der Waals surface area contributed by atoms with E-state index in [0.29, 0.717) is 30.1 Å². The van der Waals surface area contributed by atoms with Gasteiger partial charge in [-0.05, 0) is 48.7 Å². The van der Waals surface area contributed by atoms with Gasteiger partial charge >= 0.3 is 6.03 Å². The summed E-state index contributed by atoms with van der Waals surface area (Å²) in [5.74, 6) is -0.146. The van der Waals surface area contributed by atoms with Crippen LogP contribution in [-0.4, -0.2) is 24.6 Å². The van der Waals surface area contributed by atoms with E-state index >= 15 is 0 Å². The Morgan fingerprint density at radius 1 is 1.11 bits per heavy atom. The summed E-state index contributed by atoms with van der Waals surface area (Å²) in [5, 5.41) is 17.2. The van der Waals surface area contributed by atoms with E-state index in [1.54, 1.807) is 30.3 Å². The zero-order valence-corrected chi connectivity index (χ0v) is 14.7. The fraction of sp³-hybridized carbons (Fsp3) is 0.250. The Kier molecular flexibility index (Phi) is 6.02. The lowest BCUT2D eigenvalue weighted by molar-refractivity contribution is -0.124. The third kappa shape index (κ3) is 5.30. The van der Waals surface area contributed by atoms with Crippen molar-refractivity contribution in [2.45, 2.75) is 25.5 Å².